The number of carbonyl (C=O) groups is 2. The van der Waals surface area contributed by atoms with E-state index >= 15 is 0 Å². The molecule has 0 heterocycles. The molecule has 1 unspecified atom stereocenters. The van der Waals surface area contributed by atoms with Crippen LogP contribution in [0.2, 0.25) is 5.02 Å². The van der Waals surface area contributed by atoms with Crippen molar-refractivity contribution in [2.24, 2.45) is 5.92 Å². The van der Waals surface area contributed by atoms with E-state index in [1.807, 2.05) is 13.8 Å². The third kappa shape index (κ3) is 4.95. The molecule has 1 aromatic carbocycles. The Balaban J connectivity index is 1.99. The Labute approximate surface area is 147 Å². The first-order valence-corrected chi connectivity index (χ1v) is 8.80. The van der Waals surface area contributed by atoms with Gasteiger partial charge in [-0.05, 0) is 43.7 Å². The van der Waals surface area contributed by atoms with Crippen molar-refractivity contribution in [1.82, 2.24) is 10.6 Å². The number of aliphatic hydroxyl groups excluding tert-OH is 1. The number of halogens is 1. The first-order valence-electron chi connectivity index (χ1n) is 8.42. The minimum Gasteiger partial charge on any atom is -0.393 e. The fourth-order valence-corrected chi connectivity index (χ4v) is 3.13. The van der Waals surface area contributed by atoms with Gasteiger partial charge in [0.2, 0.25) is 5.91 Å². The van der Waals surface area contributed by atoms with Crippen molar-refractivity contribution in [2.75, 3.05) is 0 Å². The SMILES string of the molecule is CC(C)C(NC(=O)c1ccccc1Cl)C(=O)NC1CCC(O)CC1. The lowest BCUT2D eigenvalue weighted by molar-refractivity contribution is -0.125. The molecule has 1 aliphatic rings. The summed E-state index contributed by atoms with van der Waals surface area (Å²) in [5.41, 5.74) is 0.360. The van der Waals surface area contributed by atoms with Gasteiger partial charge < -0.3 is 15.7 Å². The van der Waals surface area contributed by atoms with E-state index in [2.05, 4.69) is 10.6 Å². The Morgan fingerprint density at radius 1 is 1.17 bits per heavy atom. The van der Waals surface area contributed by atoms with Crippen LogP contribution in [0.4, 0.5) is 0 Å². The average molecular weight is 353 g/mol. The number of carbonyl (C=O) groups excluding carboxylic acids is 2. The lowest BCUT2D eigenvalue weighted by atomic mass is 9.92. The van der Waals surface area contributed by atoms with Crippen molar-refractivity contribution in [2.45, 2.75) is 57.7 Å². The van der Waals surface area contributed by atoms with Gasteiger partial charge in [0, 0.05) is 6.04 Å². The summed E-state index contributed by atoms with van der Waals surface area (Å²) in [5, 5.41) is 15.7. The zero-order valence-corrected chi connectivity index (χ0v) is 14.8. The second kappa shape index (κ2) is 8.49. The van der Waals surface area contributed by atoms with E-state index in [-0.39, 0.29) is 29.9 Å². The average Bonchev–Trinajstić information content (AvgIpc) is 2.54. The third-order valence-corrected chi connectivity index (χ3v) is 4.73. The molecule has 3 N–H and O–H groups in total. The van der Waals surface area contributed by atoms with Crippen LogP contribution in [-0.4, -0.2) is 35.1 Å². The second-order valence-electron chi connectivity index (χ2n) is 6.69. The van der Waals surface area contributed by atoms with Crippen molar-refractivity contribution in [3.8, 4) is 0 Å². The summed E-state index contributed by atoms with van der Waals surface area (Å²) in [6, 6.07) is 6.20. The van der Waals surface area contributed by atoms with Gasteiger partial charge in [-0.2, -0.15) is 0 Å². The summed E-state index contributed by atoms with van der Waals surface area (Å²) in [6.07, 6.45) is 2.65. The van der Waals surface area contributed by atoms with Crippen LogP contribution in [0.15, 0.2) is 24.3 Å². The quantitative estimate of drug-likeness (QED) is 0.762. The second-order valence-corrected chi connectivity index (χ2v) is 7.10. The van der Waals surface area contributed by atoms with Crippen LogP contribution in [-0.2, 0) is 4.79 Å². The van der Waals surface area contributed by atoms with Crippen molar-refractivity contribution in [1.29, 1.82) is 0 Å². The maximum atomic E-state index is 12.6. The van der Waals surface area contributed by atoms with Crippen LogP contribution in [0.1, 0.15) is 49.9 Å². The zero-order chi connectivity index (χ0) is 17.7. The zero-order valence-electron chi connectivity index (χ0n) is 14.1. The van der Waals surface area contributed by atoms with Crippen LogP contribution >= 0.6 is 11.6 Å². The molecule has 24 heavy (non-hydrogen) atoms. The third-order valence-electron chi connectivity index (χ3n) is 4.40. The van der Waals surface area contributed by atoms with Crippen LogP contribution in [0.3, 0.4) is 0 Å². The summed E-state index contributed by atoms with van der Waals surface area (Å²) in [5.74, 6) is -0.592. The Bertz CT molecular complexity index is 583. The molecule has 2 rings (SSSR count). The molecule has 132 valence electrons. The Morgan fingerprint density at radius 3 is 2.38 bits per heavy atom. The molecule has 0 aromatic heterocycles. The van der Waals surface area contributed by atoms with E-state index in [0.717, 1.165) is 12.8 Å². The fraction of sp³-hybridized carbons (Fsp3) is 0.556. The molecule has 0 radical (unpaired) electrons. The smallest absolute Gasteiger partial charge is 0.253 e. The summed E-state index contributed by atoms with van der Waals surface area (Å²) in [6.45, 7) is 3.78. The minimum absolute atomic E-state index is 0.0504. The van der Waals surface area contributed by atoms with E-state index < -0.39 is 6.04 Å². The Morgan fingerprint density at radius 2 is 1.79 bits per heavy atom. The lowest BCUT2D eigenvalue weighted by Gasteiger charge is -2.29. The van der Waals surface area contributed by atoms with E-state index in [4.69, 9.17) is 11.6 Å². The standard InChI is InChI=1S/C18H25ClN2O3/c1-11(2)16(18(24)20-12-7-9-13(22)10-8-12)21-17(23)14-5-3-4-6-15(14)19/h3-6,11-13,16,22H,7-10H2,1-2H3,(H,20,24)(H,21,23). The van der Waals surface area contributed by atoms with Crippen LogP contribution < -0.4 is 10.6 Å². The number of amides is 2. The molecular weight excluding hydrogens is 328 g/mol. The number of aliphatic hydroxyl groups is 1. The summed E-state index contributed by atoms with van der Waals surface area (Å²) in [4.78, 5) is 25.0. The molecule has 5 nitrogen and oxygen atoms in total. The van der Waals surface area contributed by atoms with Gasteiger partial charge in [-0.25, -0.2) is 0 Å². The molecule has 1 saturated carbocycles. The number of nitrogens with one attached hydrogen (secondary N) is 2. The van der Waals surface area contributed by atoms with Gasteiger partial charge in [0.05, 0.1) is 16.7 Å². The van der Waals surface area contributed by atoms with E-state index in [1.54, 1.807) is 24.3 Å². The predicted octanol–water partition coefficient (Wildman–Crippen LogP) is 2.51. The minimum atomic E-state index is -0.624. The highest BCUT2D eigenvalue weighted by atomic mass is 35.5. The van der Waals surface area contributed by atoms with Gasteiger partial charge in [-0.3, -0.25) is 9.59 Å². The Kier molecular flexibility index (Phi) is 6.63. The van der Waals surface area contributed by atoms with Crippen LogP contribution in [0.25, 0.3) is 0 Å². The number of rotatable bonds is 5. The largest absolute Gasteiger partial charge is 0.393 e. The number of benzene rings is 1. The van der Waals surface area contributed by atoms with Crippen LogP contribution in [0.5, 0.6) is 0 Å². The van der Waals surface area contributed by atoms with E-state index in [9.17, 15) is 14.7 Å². The van der Waals surface area contributed by atoms with E-state index in [1.165, 1.54) is 0 Å². The highest BCUT2D eigenvalue weighted by Gasteiger charge is 2.28. The van der Waals surface area contributed by atoms with Gasteiger partial charge in [0.15, 0.2) is 0 Å². The molecule has 1 fully saturated rings. The van der Waals surface area contributed by atoms with Crippen molar-refractivity contribution < 1.29 is 14.7 Å². The molecule has 0 saturated heterocycles. The first-order chi connectivity index (χ1) is 11.4. The summed E-state index contributed by atoms with van der Waals surface area (Å²) >= 11 is 6.05. The maximum absolute atomic E-state index is 12.6. The van der Waals surface area contributed by atoms with Crippen LogP contribution in [0, 0.1) is 5.92 Å². The highest BCUT2D eigenvalue weighted by Crippen LogP contribution is 2.19. The summed E-state index contributed by atoms with van der Waals surface area (Å²) in [7, 11) is 0. The lowest BCUT2D eigenvalue weighted by Crippen LogP contribution is -2.52. The molecule has 6 heteroatoms. The van der Waals surface area contributed by atoms with Crippen molar-refractivity contribution in [3.63, 3.8) is 0 Å². The van der Waals surface area contributed by atoms with Gasteiger partial charge in [-0.1, -0.05) is 37.6 Å². The normalized spacial score (nSPS) is 22.0. The maximum Gasteiger partial charge on any atom is 0.253 e. The summed E-state index contributed by atoms with van der Waals surface area (Å²) < 4.78 is 0. The van der Waals surface area contributed by atoms with Gasteiger partial charge >= 0.3 is 0 Å². The first kappa shape index (κ1) is 18.7. The highest BCUT2D eigenvalue weighted by molar-refractivity contribution is 6.33. The fourth-order valence-electron chi connectivity index (χ4n) is 2.91. The molecule has 0 spiro atoms. The van der Waals surface area contributed by atoms with Gasteiger partial charge in [-0.15, -0.1) is 0 Å². The molecule has 2 amide bonds. The molecular formula is C18H25ClN2O3. The molecule has 0 aliphatic heterocycles. The molecule has 0 bridgehead atoms. The van der Waals surface area contributed by atoms with Gasteiger partial charge in [0.1, 0.15) is 6.04 Å². The van der Waals surface area contributed by atoms with E-state index in [0.29, 0.717) is 23.4 Å². The number of hydrogen-bond acceptors (Lipinski definition) is 3. The monoisotopic (exact) mass is 352 g/mol. The molecule has 1 atom stereocenters. The van der Waals surface area contributed by atoms with Crippen molar-refractivity contribution in [3.05, 3.63) is 34.9 Å². The topological polar surface area (TPSA) is 78.4 Å². The predicted molar refractivity (Wildman–Crippen MR) is 93.9 cm³/mol. The van der Waals surface area contributed by atoms with Gasteiger partial charge in [0.25, 0.3) is 5.91 Å². The molecule has 1 aliphatic carbocycles. The molecule has 1 aromatic rings. The Hall–Kier alpha value is -1.59. The van der Waals surface area contributed by atoms with Crippen molar-refractivity contribution >= 4 is 23.4 Å². The number of hydrogen-bond donors (Lipinski definition) is 3.